The third kappa shape index (κ3) is 6.06. The van der Waals surface area contributed by atoms with Gasteiger partial charge in [0, 0.05) is 11.4 Å². The number of urea groups is 1. The van der Waals surface area contributed by atoms with E-state index in [-0.39, 0.29) is 0 Å². The van der Waals surface area contributed by atoms with Crippen molar-refractivity contribution in [3.8, 4) is 0 Å². The molecule has 0 aliphatic carbocycles. The van der Waals surface area contributed by atoms with Crippen LogP contribution in [0.25, 0.3) is 0 Å². The monoisotopic (exact) mass is 298 g/mol. The molecule has 0 radical (unpaired) electrons. The number of unbranched alkanes of at least 4 members (excludes halogenated alkanes) is 1. The Morgan fingerprint density at radius 1 is 1.35 bits per heavy atom. The van der Waals surface area contributed by atoms with E-state index in [1.165, 1.54) is 11.3 Å². The Bertz CT molecular complexity index is 418. The zero-order chi connectivity index (χ0) is 15.0. The molecule has 1 aromatic heterocycles. The summed E-state index contributed by atoms with van der Waals surface area (Å²) < 4.78 is 0. The Kier molecular flexibility index (Phi) is 7.08. The lowest BCUT2D eigenvalue weighted by molar-refractivity contribution is -0.139. The molecule has 1 aromatic rings. The van der Waals surface area contributed by atoms with Gasteiger partial charge in [-0.05, 0) is 23.8 Å². The van der Waals surface area contributed by atoms with E-state index in [4.69, 9.17) is 5.11 Å². The molecule has 1 heterocycles. The topological polar surface area (TPSA) is 78.4 Å². The lowest BCUT2D eigenvalue weighted by Crippen LogP contribution is -2.40. The Morgan fingerprint density at radius 3 is 2.65 bits per heavy atom. The van der Waals surface area contributed by atoms with Gasteiger partial charge in [-0.1, -0.05) is 32.8 Å². The second-order valence-electron chi connectivity index (χ2n) is 5.08. The average molecular weight is 298 g/mol. The molecule has 1 atom stereocenters. The van der Waals surface area contributed by atoms with Crippen LogP contribution >= 0.6 is 11.3 Å². The SMILES string of the molecule is CC(C)CCCCNC(=O)NC(C(=O)O)c1cccs1. The number of thiophene rings is 1. The minimum absolute atomic E-state index is 0.435. The van der Waals surface area contributed by atoms with Crippen molar-refractivity contribution in [3.05, 3.63) is 22.4 Å². The number of hydrogen-bond donors (Lipinski definition) is 3. The third-order valence-corrected chi connectivity index (χ3v) is 3.78. The van der Waals surface area contributed by atoms with Crippen LogP contribution in [0.1, 0.15) is 44.0 Å². The first-order chi connectivity index (χ1) is 9.50. The van der Waals surface area contributed by atoms with Crippen molar-refractivity contribution in [1.82, 2.24) is 10.6 Å². The van der Waals surface area contributed by atoms with E-state index in [2.05, 4.69) is 24.5 Å². The second-order valence-corrected chi connectivity index (χ2v) is 6.06. The van der Waals surface area contributed by atoms with Gasteiger partial charge >= 0.3 is 12.0 Å². The lowest BCUT2D eigenvalue weighted by Gasteiger charge is -2.14. The smallest absolute Gasteiger partial charge is 0.331 e. The Morgan fingerprint density at radius 2 is 2.10 bits per heavy atom. The van der Waals surface area contributed by atoms with E-state index in [1.54, 1.807) is 17.5 Å². The normalized spacial score (nSPS) is 12.2. The standard InChI is InChI=1S/C14H22N2O3S/c1-10(2)6-3-4-8-15-14(19)16-12(13(17)18)11-7-5-9-20-11/h5,7,9-10,12H,3-4,6,8H2,1-2H3,(H,17,18)(H2,15,16,19). The first-order valence-corrected chi connectivity index (χ1v) is 7.69. The number of carbonyl (C=O) groups excluding carboxylic acids is 1. The summed E-state index contributed by atoms with van der Waals surface area (Å²) in [6.07, 6.45) is 3.10. The largest absolute Gasteiger partial charge is 0.479 e. The second kappa shape index (κ2) is 8.58. The highest BCUT2D eigenvalue weighted by atomic mass is 32.1. The zero-order valence-electron chi connectivity index (χ0n) is 11.9. The van der Waals surface area contributed by atoms with Gasteiger partial charge in [-0.3, -0.25) is 0 Å². The van der Waals surface area contributed by atoms with Crippen LogP contribution in [0.4, 0.5) is 4.79 Å². The molecule has 112 valence electrons. The third-order valence-electron chi connectivity index (χ3n) is 2.84. The van der Waals surface area contributed by atoms with Gasteiger partial charge < -0.3 is 15.7 Å². The van der Waals surface area contributed by atoms with Crippen LogP contribution in [0, 0.1) is 5.92 Å². The molecule has 0 aliphatic rings. The van der Waals surface area contributed by atoms with Crippen molar-refractivity contribution >= 4 is 23.3 Å². The zero-order valence-corrected chi connectivity index (χ0v) is 12.7. The van der Waals surface area contributed by atoms with Crippen LogP contribution in [0.2, 0.25) is 0 Å². The summed E-state index contributed by atoms with van der Waals surface area (Å²) in [5.41, 5.74) is 0. The quantitative estimate of drug-likeness (QED) is 0.646. The van der Waals surface area contributed by atoms with E-state index in [1.807, 2.05) is 0 Å². The van der Waals surface area contributed by atoms with Crippen molar-refractivity contribution in [1.29, 1.82) is 0 Å². The fourth-order valence-corrected chi connectivity index (χ4v) is 2.54. The number of amides is 2. The summed E-state index contributed by atoms with van der Waals surface area (Å²) >= 11 is 1.31. The predicted molar refractivity (Wildman–Crippen MR) is 79.9 cm³/mol. The fraction of sp³-hybridized carbons (Fsp3) is 0.571. The van der Waals surface area contributed by atoms with Gasteiger partial charge in [0.2, 0.25) is 0 Å². The van der Waals surface area contributed by atoms with Crippen LogP contribution < -0.4 is 10.6 Å². The van der Waals surface area contributed by atoms with Crippen molar-refractivity contribution in [2.45, 2.75) is 39.2 Å². The summed E-state index contributed by atoms with van der Waals surface area (Å²) in [6, 6.07) is 2.05. The van der Waals surface area contributed by atoms with E-state index in [0.717, 1.165) is 19.3 Å². The Hall–Kier alpha value is -1.56. The molecule has 0 spiro atoms. The molecule has 0 saturated heterocycles. The first kappa shape index (κ1) is 16.5. The molecule has 3 N–H and O–H groups in total. The van der Waals surface area contributed by atoms with Gasteiger partial charge in [0.1, 0.15) is 0 Å². The molecule has 6 heteroatoms. The minimum atomic E-state index is -1.05. The summed E-state index contributed by atoms with van der Waals surface area (Å²) in [6.45, 7) is 4.90. The number of nitrogens with one attached hydrogen (secondary N) is 2. The van der Waals surface area contributed by atoms with Gasteiger partial charge in [-0.15, -0.1) is 11.3 Å². The molecule has 0 aromatic carbocycles. The maximum Gasteiger partial charge on any atom is 0.331 e. The van der Waals surface area contributed by atoms with Gasteiger partial charge in [0.15, 0.2) is 6.04 Å². The number of carboxylic acid groups (broad SMARTS) is 1. The van der Waals surface area contributed by atoms with Crippen LogP contribution in [-0.2, 0) is 4.79 Å². The fourth-order valence-electron chi connectivity index (χ4n) is 1.77. The molecule has 0 aliphatic heterocycles. The average Bonchev–Trinajstić information content (AvgIpc) is 2.88. The first-order valence-electron chi connectivity index (χ1n) is 6.81. The van der Waals surface area contributed by atoms with Crippen LogP contribution in [0.5, 0.6) is 0 Å². The van der Waals surface area contributed by atoms with Gasteiger partial charge in [-0.25, -0.2) is 9.59 Å². The lowest BCUT2D eigenvalue weighted by atomic mass is 10.1. The highest BCUT2D eigenvalue weighted by molar-refractivity contribution is 7.10. The predicted octanol–water partition coefficient (Wildman–Crippen LogP) is 3.00. The van der Waals surface area contributed by atoms with Gasteiger partial charge in [0.05, 0.1) is 0 Å². The van der Waals surface area contributed by atoms with Crippen molar-refractivity contribution in [2.24, 2.45) is 5.92 Å². The molecule has 0 bridgehead atoms. The Labute approximate surface area is 123 Å². The van der Waals surface area contributed by atoms with Crippen molar-refractivity contribution < 1.29 is 14.7 Å². The summed E-state index contributed by atoms with van der Waals surface area (Å²) in [4.78, 5) is 23.4. The minimum Gasteiger partial charge on any atom is -0.479 e. The molecular weight excluding hydrogens is 276 g/mol. The summed E-state index contributed by atoms with van der Waals surface area (Å²) in [7, 11) is 0. The molecule has 5 nitrogen and oxygen atoms in total. The molecule has 20 heavy (non-hydrogen) atoms. The number of carboxylic acids is 1. The highest BCUT2D eigenvalue weighted by Gasteiger charge is 2.22. The number of rotatable bonds is 8. The molecule has 2 amide bonds. The molecule has 1 rings (SSSR count). The maximum absolute atomic E-state index is 11.7. The van der Waals surface area contributed by atoms with Crippen LogP contribution in [0.3, 0.4) is 0 Å². The molecular formula is C14H22N2O3S. The maximum atomic E-state index is 11.7. The summed E-state index contributed by atoms with van der Waals surface area (Å²) in [5, 5.41) is 16.1. The summed E-state index contributed by atoms with van der Waals surface area (Å²) in [5.74, 6) is -0.388. The van der Waals surface area contributed by atoms with Crippen LogP contribution in [0.15, 0.2) is 17.5 Å². The molecule has 1 unspecified atom stereocenters. The Balaban J connectivity index is 2.31. The van der Waals surface area contributed by atoms with Gasteiger partial charge in [0.25, 0.3) is 0 Å². The molecule has 0 fully saturated rings. The van der Waals surface area contributed by atoms with E-state index in [0.29, 0.717) is 17.3 Å². The number of hydrogen-bond acceptors (Lipinski definition) is 3. The number of aliphatic carboxylic acids is 1. The van der Waals surface area contributed by atoms with E-state index < -0.39 is 18.0 Å². The van der Waals surface area contributed by atoms with Crippen molar-refractivity contribution in [3.63, 3.8) is 0 Å². The van der Waals surface area contributed by atoms with Crippen molar-refractivity contribution in [2.75, 3.05) is 6.54 Å². The van der Waals surface area contributed by atoms with E-state index in [9.17, 15) is 9.59 Å². The molecule has 0 saturated carbocycles. The van der Waals surface area contributed by atoms with E-state index >= 15 is 0 Å². The van der Waals surface area contributed by atoms with Gasteiger partial charge in [-0.2, -0.15) is 0 Å². The number of carbonyl (C=O) groups is 2. The highest BCUT2D eigenvalue weighted by Crippen LogP contribution is 2.18. The van der Waals surface area contributed by atoms with Crippen LogP contribution in [-0.4, -0.2) is 23.7 Å².